The van der Waals surface area contributed by atoms with Crippen LogP contribution in [0.15, 0.2) is 24.3 Å². The van der Waals surface area contributed by atoms with Gasteiger partial charge in [-0.2, -0.15) is 35.6 Å². The van der Waals surface area contributed by atoms with Crippen LogP contribution in [-0.2, 0) is 21.8 Å². The van der Waals surface area contributed by atoms with Crippen LogP contribution in [0.4, 0.5) is 0 Å². The summed E-state index contributed by atoms with van der Waals surface area (Å²) in [6, 6.07) is 11.7. The standard InChI is InChI=1S/C7H4N.C4H8NO.Cu.Li/c8-6-7-4-2-1-3-5-7;1-3-6-4-2-5-1;;/h2-5H;1-4H2;;/q2*-1;2*+1. The van der Waals surface area contributed by atoms with Gasteiger partial charge < -0.3 is 10.1 Å². The molecule has 5 heteroatoms. The van der Waals surface area contributed by atoms with Gasteiger partial charge >= 0.3 is 35.9 Å². The molecule has 0 saturated carbocycles. The molecular weight excluding hydrogens is 247 g/mol. The Balaban J connectivity index is 0. The molecule has 1 aliphatic rings. The van der Waals surface area contributed by atoms with Crippen molar-refractivity contribution in [2.24, 2.45) is 0 Å². The molecular formula is C11H12CuLiN2O. The maximum Gasteiger partial charge on any atom is 1.00 e. The van der Waals surface area contributed by atoms with E-state index < -0.39 is 0 Å². The summed E-state index contributed by atoms with van der Waals surface area (Å²) >= 11 is 0. The number of ether oxygens (including phenoxy) is 1. The van der Waals surface area contributed by atoms with E-state index in [1.54, 1.807) is 24.3 Å². The van der Waals surface area contributed by atoms with Gasteiger partial charge in [-0.25, -0.2) is 0 Å². The van der Waals surface area contributed by atoms with E-state index >= 15 is 0 Å². The second-order valence-corrected chi connectivity index (χ2v) is 2.68. The fourth-order valence-corrected chi connectivity index (χ4v) is 0.933. The Morgan fingerprint density at radius 2 is 1.81 bits per heavy atom. The van der Waals surface area contributed by atoms with Gasteiger partial charge in [-0.05, 0) is 0 Å². The van der Waals surface area contributed by atoms with E-state index in [0.717, 1.165) is 26.3 Å². The Bertz CT molecular complexity index is 274. The molecule has 1 aromatic carbocycles. The zero-order chi connectivity index (χ0) is 10.1. The minimum Gasteiger partial charge on any atom is -0.659 e. The largest absolute Gasteiger partial charge is 1.00 e. The molecule has 0 N–H and O–H groups in total. The third kappa shape index (κ3) is 9.01. The van der Waals surface area contributed by atoms with Crippen molar-refractivity contribution in [1.82, 2.24) is 0 Å². The molecule has 0 amide bonds. The van der Waals surface area contributed by atoms with Gasteiger partial charge in [-0.1, -0.05) is 5.56 Å². The van der Waals surface area contributed by atoms with Crippen LogP contribution in [0.2, 0.25) is 0 Å². The van der Waals surface area contributed by atoms with E-state index in [0.29, 0.717) is 5.56 Å². The SMILES string of the molecule is C1COCC[N-]1.N#Cc1cc[c-]cc1.[Cu+].[Li+]. The Kier molecular flexibility index (Phi) is 14.5. The van der Waals surface area contributed by atoms with Crippen molar-refractivity contribution in [3.05, 3.63) is 41.2 Å². The first-order chi connectivity index (χ1) is 6.93. The van der Waals surface area contributed by atoms with Crippen molar-refractivity contribution in [1.29, 1.82) is 5.26 Å². The zero-order valence-electron chi connectivity index (χ0n) is 9.24. The summed E-state index contributed by atoms with van der Waals surface area (Å²) in [4.78, 5) is 0. The molecule has 16 heavy (non-hydrogen) atoms. The molecule has 2 rings (SSSR count). The van der Waals surface area contributed by atoms with Gasteiger partial charge in [0.15, 0.2) is 0 Å². The van der Waals surface area contributed by atoms with Crippen molar-refractivity contribution in [3.8, 4) is 6.07 Å². The minimum atomic E-state index is 0. The van der Waals surface area contributed by atoms with Gasteiger partial charge in [0, 0.05) is 13.2 Å². The van der Waals surface area contributed by atoms with Gasteiger partial charge in [0.25, 0.3) is 0 Å². The van der Waals surface area contributed by atoms with Crippen LogP contribution in [0.1, 0.15) is 5.56 Å². The van der Waals surface area contributed by atoms with E-state index in [4.69, 9.17) is 10.00 Å². The summed E-state index contributed by atoms with van der Waals surface area (Å²) in [6.07, 6.45) is 0. The molecule has 0 bridgehead atoms. The van der Waals surface area contributed by atoms with Crippen LogP contribution in [0, 0.1) is 17.4 Å². The number of benzene rings is 1. The van der Waals surface area contributed by atoms with Crippen LogP contribution in [0.25, 0.3) is 5.32 Å². The van der Waals surface area contributed by atoms with Gasteiger partial charge in [0.2, 0.25) is 0 Å². The van der Waals surface area contributed by atoms with Crippen molar-refractivity contribution in [2.45, 2.75) is 0 Å². The first-order valence-electron chi connectivity index (χ1n) is 4.50. The van der Waals surface area contributed by atoms with E-state index in [-0.39, 0.29) is 35.9 Å². The molecule has 0 unspecified atom stereocenters. The normalized spacial score (nSPS) is 12.9. The number of nitriles is 1. The fourth-order valence-electron chi connectivity index (χ4n) is 0.933. The van der Waals surface area contributed by atoms with E-state index in [1.807, 2.05) is 6.07 Å². The average molecular weight is 259 g/mol. The maximum absolute atomic E-state index is 8.27. The van der Waals surface area contributed by atoms with Crippen molar-refractivity contribution in [2.75, 3.05) is 26.3 Å². The van der Waals surface area contributed by atoms with Crippen LogP contribution >= 0.6 is 0 Å². The van der Waals surface area contributed by atoms with Crippen LogP contribution in [0.3, 0.4) is 0 Å². The monoisotopic (exact) mass is 258 g/mol. The average Bonchev–Trinajstić information content (AvgIpc) is 2.33. The Hall–Kier alpha value is -0.253. The first-order valence-corrected chi connectivity index (χ1v) is 4.50. The molecule has 0 aromatic heterocycles. The Morgan fingerprint density at radius 3 is 2.06 bits per heavy atom. The molecule has 0 atom stereocenters. The summed E-state index contributed by atoms with van der Waals surface area (Å²) in [5, 5.41) is 12.3. The quantitative estimate of drug-likeness (QED) is 0.431. The smallest absolute Gasteiger partial charge is 0.659 e. The number of nitrogens with zero attached hydrogens (tertiary/aromatic N) is 2. The Labute approximate surface area is 119 Å². The van der Waals surface area contributed by atoms with Gasteiger partial charge in [0.1, 0.15) is 0 Å². The topological polar surface area (TPSA) is 47.1 Å². The third-order valence-corrected chi connectivity index (χ3v) is 1.63. The van der Waals surface area contributed by atoms with Crippen LogP contribution < -0.4 is 18.9 Å². The van der Waals surface area contributed by atoms with Gasteiger partial charge in [0.05, 0.1) is 6.07 Å². The van der Waals surface area contributed by atoms with Crippen molar-refractivity contribution >= 4 is 0 Å². The minimum absolute atomic E-state index is 0. The van der Waals surface area contributed by atoms with Crippen LogP contribution in [-0.4, -0.2) is 26.3 Å². The number of hydrogen-bond acceptors (Lipinski definition) is 2. The second-order valence-electron chi connectivity index (χ2n) is 2.68. The molecule has 1 aromatic rings. The summed E-state index contributed by atoms with van der Waals surface area (Å²) in [6.45, 7) is 3.47. The first kappa shape index (κ1) is 18.1. The molecule has 1 saturated heterocycles. The maximum atomic E-state index is 8.27. The molecule has 3 nitrogen and oxygen atoms in total. The molecule has 1 aliphatic heterocycles. The van der Waals surface area contributed by atoms with Gasteiger partial charge in [-0.3, -0.25) is 0 Å². The number of rotatable bonds is 0. The van der Waals surface area contributed by atoms with Gasteiger partial charge in [-0.15, -0.1) is 13.1 Å². The Morgan fingerprint density at radius 1 is 1.25 bits per heavy atom. The van der Waals surface area contributed by atoms with E-state index in [9.17, 15) is 0 Å². The van der Waals surface area contributed by atoms with E-state index in [1.165, 1.54) is 0 Å². The van der Waals surface area contributed by atoms with Crippen molar-refractivity contribution in [3.63, 3.8) is 0 Å². The predicted molar refractivity (Wildman–Crippen MR) is 53.9 cm³/mol. The van der Waals surface area contributed by atoms with E-state index in [2.05, 4.69) is 11.4 Å². The van der Waals surface area contributed by atoms with Crippen LogP contribution in [0.5, 0.6) is 0 Å². The molecule has 1 heterocycles. The third-order valence-electron chi connectivity index (χ3n) is 1.63. The van der Waals surface area contributed by atoms with Crippen molar-refractivity contribution < 1.29 is 40.7 Å². The second kappa shape index (κ2) is 12.8. The fraction of sp³-hybridized carbons (Fsp3) is 0.364. The molecule has 0 radical (unpaired) electrons. The zero-order valence-corrected chi connectivity index (χ0v) is 10.2. The summed E-state index contributed by atoms with van der Waals surface area (Å²) < 4.78 is 4.98. The molecule has 1 fully saturated rings. The number of hydrogen-bond donors (Lipinski definition) is 0. The predicted octanol–water partition coefficient (Wildman–Crippen LogP) is -1.25. The summed E-state index contributed by atoms with van der Waals surface area (Å²) in [7, 11) is 0. The molecule has 0 spiro atoms. The summed E-state index contributed by atoms with van der Waals surface area (Å²) in [5.41, 5.74) is 0.684. The summed E-state index contributed by atoms with van der Waals surface area (Å²) in [5.74, 6) is 0. The molecule has 0 aliphatic carbocycles. The molecule has 84 valence electrons. The number of morpholine rings is 1.